The second-order valence-electron chi connectivity index (χ2n) is 4.13. The summed E-state index contributed by atoms with van der Waals surface area (Å²) in [5.41, 5.74) is 6.45. The number of hydrogen-bond acceptors (Lipinski definition) is 3. The molecule has 2 heterocycles. The Balaban J connectivity index is 2.04. The average Bonchev–Trinajstić information content (AvgIpc) is 2.75. The van der Waals surface area contributed by atoms with Crippen molar-refractivity contribution < 1.29 is 4.79 Å². The third-order valence-electron chi connectivity index (χ3n) is 2.95. The van der Waals surface area contributed by atoms with Gasteiger partial charge < -0.3 is 10.6 Å². The number of carbonyl (C=O) groups is 1. The molecule has 5 heteroatoms. The molecule has 0 radical (unpaired) electrons. The summed E-state index contributed by atoms with van der Waals surface area (Å²) in [6, 6.07) is 1.89. The van der Waals surface area contributed by atoms with Crippen LogP contribution in [0.2, 0.25) is 0 Å². The highest BCUT2D eigenvalue weighted by Gasteiger charge is 2.24. The molecule has 88 valence electrons. The number of hydrogen-bond donors (Lipinski definition) is 1. The van der Waals surface area contributed by atoms with Crippen LogP contribution >= 0.6 is 27.3 Å². The number of rotatable bonds is 2. The summed E-state index contributed by atoms with van der Waals surface area (Å²) < 4.78 is 1.00. The third kappa shape index (κ3) is 2.64. The second kappa shape index (κ2) is 5.29. The first kappa shape index (κ1) is 12.1. The molecule has 0 bridgehead atoms. The highest BCUT2D eigenvalue weighted by atomic mass is 79.9. The van der Waals surface area contributed by atoms with E-state index in [9.17, 15) is 4.79 Å². The van der Waals surface area contributed by atoms with E-state index >= 15 is 0 Å². The number of halogens is 1. The van der Waals surface area contributed by atoms with Crippen molar-refractivity contribution in [3.05, 3.63) is 20.8 Å². The van der Waals surface area contributed by atoms with E-state index in [1.54, 1.807) is 11.3 Å². The number of likely N-dealkylation sites (tertiary alicyclic amines) is 1. The predicted molar refractivity (Wildman–Crippen MR) is 69.7 cm³/mol. The highest BCUT2D eigenvalue weighted by Crippen LogP contribution is 2.23. The minimum Gasteiger partial charge on any atom is -0.338 e. The molecular weight excluding hydrogens is 288 g/mol. The Labute approximate surface area is 108 Å². The largest absolute Gasteiger partial charge is 0.338 e. The molecule has 1 aliphatic rings. The molecule has 3 nitrogen and oxygen atoms in total. The van der Waals surface area contributed by atoms with E-state index in [0.29, 0.717) is 12.5 Å². The number of thiophene rings is 1. The van der Waals surface area contributed by atoms with Crippen molar-refractivity contribution in [1.82, 2.24) is 4.90 Å². The van der Waals surface area contributed by atoms with E-state index < -0.39 is 0 Å². The second-order valence-corrected chi connectivity index (χ2v) is 6.43. The van der Waals surface area contributed by atoms with Crippen molar-refractivity contribution in [2.45, 2.75) is 12.8 Å². The van der Waals surface area contributed by atoms with Crippen molar-refractivity contribution in [1.29, 1.82) is 0 Å². The van der Waals surface area contributed by atoms with E-state index in [1.807, 2.05) is 16.3 Å². The molecule has 2 rings (SSSR count). The topological polar surface area (TPSA) is 46.3 Å². The molecule has 0 saturated carbocycles. The van der Waals surface area contributed by atoms with Crippen LogP contribution in [0.25, 0.3) is 0 Å². The molecule has 1 aromatic rings. The van der Waals surface area contributed by atoms with Crippen molar-refractivity contribution in [2.75, 3.05) is 19.6 Å². The summed E-state index contributed by atoms with van der Waals surface area (Å²) in [5, 5.41) is 1.90. The lowest BCUT2D eigenvalue weighted by molar-refractivity contribution is 0.0678. The molecule has 0 aliphatic carbocycles. The van der Waals surface area contributed by atoms with Crippen molar-refractivity contribution in [3.63, 3.8) is 0 Å². The monoisotopic (exact) mass is 302 g/mol. The van der Waals surface area contributed by atoms with Gasteiger partial charge in [0.2, 0.25) is 0 Å². The summed E-state index contributed by atoms with van der Waals surface area (Å²) in [4.78, 5) is 14.1. The molecule has 1 aromatic heterocycles. The van der Waals surface area contributed by atoms with Crippen LogP contribution in [0.1, 0.15) is 23.2 Å². The molecule has 0 spiro atoms. The first-order valence-corrected chi connectivity index (χ1v) is 7.11. The maximum atomic E-state index is 12.1. The highest BCUT2D eigenvalue weighted by molar-refractivity contribution is 9.11. The molecular formula is C11H15BrN2OS. The minimum absolute atomic E-state index is 0.139. The smallest absolute Gasteiger partial charge is 0.254 e. The van der Waals surface area contributed by atoms with Gasteiger partial charge in [0.05, 0.1) is 9.35 Å². The molecule has 1 fully saturated rings. The Morgan fingerprint density at radius 2 is 2.50 bits per heavy atom. The Morgan fingerprint density at radius 1 is 1.69 bits per heavy atom. The first-order chi connectivity index (χ1) is 7.70. The molecule has 1 saturated heterocycles. The van der Waals surface area contributed by atoms with Crippen LogP contribution in [0.5, 0.6) is 0 Å². The number of carbonyl (C=O) groups excluding carboxylic acids is 1. The summed E-state index contributed by atoms with van der Waals surface area (Å²) in [5.74, 6) is 0.611. The normalized spacial score (nSPS) is 21.1. The van der Waals surface area contributed by atoms with Crippen molar-refractivity contribution in [3.8, 4) is 0 Å². The number of nitrogens with zero attached hydrogens (tertiary/aromatic N) is 1. The minimum atomic E-state index is 0.139. The zero-order chi connectivity index (χ0) is 11.5. The molecule has 1 atom stereocenters. The van der Waals surface area contributed by atoms with Crippen LogP contribution in [0.15, 0.2) is 15.2 Å². The summed E-state index contributed by atoms with van der Waals surface area (Å²) in [6.45, 7) is 2.35. The van der Waals surface area contributed by atoms with Gasteiger partial charge in [-0.25, -0.2) is 0 Å². The van der Waals surface area contributed by atoms with Gasteiger partial charge in [0.15, 0.2) is 0 Å². The maximum absolute atomic E-state index is 12.1. The predicted octanol–water partition coefficient (Wildman–Crippen LogP) is 2.32. The van der Waals surface area contributed by atoms with Crippen molar-refractivity contribution in [2.24, 2.45) is 11.7 Å². The summed E-state index contributed by atoms with van der Waals surface area (Å²) in [6.07, 6.45) is 2.21. The fourth-order valence-electron chi connectivity index (χ4n) is 2.05. The van der Waals surface area contributed by atoms with Gasteiger partial charge in [-0.1, -0.05) is 0 Å². The van der Waals surface area contributed by atoms with Crippen LogP contribution in [0, 0.1) is 5.92 Å². The van der Waals surface area contributed by atoms with Gasteiger partial charge in [-0.2, -0.15) is 0 Å². The van der Waals surface area contributed by atoms with Crippen LogP contribution in [-0.4, -0.2) is 30.4 Å². The van der Waals surface area contributed by atoms with Gasteiger partial charge in [-0.3, -0.25) is 4.79 Å². The van der Waals surface area contributed by atoms with Crippen LogP contribution in [0.4, 0.5) is 0 Å². The van der Waals surface area contributed by atoms with Gasteiger partial charge in [0, 0.05) is 18.5 Å². The van der Waals surface area contributed by atoms with Crippen LogP contribution in [0.3, 0.4) is 0 Å². The molecule has 1 aliphatic heterocycles. The fourth-order valence-corrected chi connectivity index (χ4v) is 3.18. The van der Waals surface area contributed by atoms with Gasteiger partial charge in [-0.15, -0.1) is 11.3 Å². The zero-order valence-electron chi connectivity index (χ0n) is 8.99. The summed E-state index contributed by atoms with van der Waals surface area (Å²) in [7, 11) is 0. The molecule has 16 heavy (non-hydrogen) atoms. The lowest BCUT2D eigenvalue weighted by atomic mass is 9.98. The molecule has 0 aromatic carbocycles. The summed E-state index contributed by atoms with van der Waals surface area (Å²) >= 11 is 4.93. The number of amides is 1. The van der Waals surface area contributed by atoms with E-state index in [0.717, 1.165) is 35.3 Å². The van der Waals surface area contributed by atoms with Crippen LogP contribution < -0.4 is 5.73 Å². The zero-order valence-corrected chi connectivity index (χ0v) is 11.4. The van der Waals surface area contributed by atoms with E-state index in [1.165, 1.54) is 0 Å². The Morgan fingerprint density at radius 3 is 3.12 bits per heavy atom. The Hall–Kier alpha value is -0.390. The fraction of sp³-hybridized carbons (Fsp3) is 0.545. The van der Waals surface area contributed by atoms with E-state index in [4.69, 9.17) is 5.73 Å². The quantitative estimate of drug-likeness (QED) is 0.911. The van der Waals surface area contributed by atoms with E-state index in [-0.39, 0.29) is 5.91 Å². The van der Waals surface area contributed by atoms with Gasteiger partial charge in [0.25, 0.3) is 5.91 Å². The lowest BCUT2D eigenvalue weighted by Gasteiger charge is -2.31. The third-order valence-corrected chi connectivity index (χ3v) is 4.46. The van der Waals surface area contributed by atoms with Gasteiger partial charge in [0.1, 0.15) is 0 Å². The first-order valence-electron chi connectivity index (χ1n) is 5.44. The molecule has 1 amide bonds. The molecule has 1 unspecified atom stereocenters. The Bertz CT molecular complexity index is 380. The van der Waals surface area contributed by atoms with E-state index in [2.05, 4.69) is 15.9 Å². The average molecular weight is 303 g/mol. The number of nitrogens with two attached hydrogens (primary N) is 1. The molecule has 2 N–H and O–H groups in total. The maximum Gasteiger partial charge on any atom is 0.254 e. The lowest BCUT2D eigenvalue weighted by Crippen LogP contribution is -2.41. The SMILES string of the molecule is NCC1CCCN(C(=O)c2csc(Br)c2)C1. The number of piperidine rings is 1. The van der Waals surface area contributed by atoms with Crippen LogP contribution in [-0.2, 0) is 0 Å². The standard InChI is InChI=1S/C11H15BrN2OS/c12-10-4-9(7-16-10)11(15)14-3-1-2-8(5-13)6-14/h4,7-8H,1-3,5-6,13H2. The van der Waals surface area contributed by atoms with Gasteiger partial charge in [-0.05, 0) is 47.3 Å². The van der Waals surface area contributed by atoms with Gasteiger partial charge >= 0.3 is 0 Å². The van der Waals surface area contributed by atoms with Crippen molar-refractivity contribution >= 4 is 33.2 Å². The Kier molecular flexibility index (Phi) is 4.00.